The molecular formula is C13H16F2. The van der Waals surface area contributed by atoms with Gasteiger partial charge in [-0.05, 0) is 48.3 Å². The fraction of sp³-hybridized carbons (Fsp3) is 0.538. The molecule has 0 aromatic heterocycles. The van der Waals surface area contributed by atoms with E-state index in [0.717, 1.165) is 24.8 Å². The topological polar surface area (TPSA) is 0 Å². The summed E-state index contributed by atoms with van der Waals surface area (Å²) in [5.41, 5.74) is 1.11. The van der Waals surface area contributed by atoms with Gasteiger partial charge in [-0.15, -0.1) is 0 Å². The number of hydrogen-bond acceptors (Lipinski definition) is 0. The Hall–Kier alpha value is -0.920. The minimum absolute atomic E-state index is 0.142. The highest BCUT2D eigenvalue weighted by Gasteiger charge is 2.44. The zero-order chi connectivity index (χ0) is 11.1. The van der Waals surface area contributed by atoms with Crippen molar-refractivity contribution in [2.75, 3.05) is 0 Å². The first kappa shape index (κ1) is 10.6. The van der Waals surface area contributed by atoms with E-state index in [4.69, 9.17) is 0 Å². The Labute approximate surface area is 89.3 Å². The maximum atomic E-state index is 13.1. The highest BCUT2D eigenvalue weighted by atomic mass is 19.2. The molecule has 0 spiro atoms. The standard InChI is InChI=1S/C13H16F2/c1-9(2)8-13(5-6-13)10-3-4-11(14)12(15)7-10/h3-4,7,9H,5-6,8H2,1-2H3. The van der Waals surface area contributed by atoms with Crippen molar-refractivity contribution in [2.24, 2.45) is 5.92 Å². The summed E-state index contributed by atoms with van der Waals surface area (Å²) in [6.07, 6.45) is 3.28. The Bertz CT molecular complexity index is 365. The summed E-state index contributed by atoms with van der Waals surface area (Å²) in [5, 5.41) is 0. The van der Waals surface area contributed by atoms with E-state index in [1.165, 1.54) is 12.1 Å². The monoisotopic (exact) mass is 210 g/mol. The minimum Gasteiger partial charge on any atom is -0.204 e. The fourth-order valence-corrected chi connectivity index (χ4v) is 2.37. The first-order chi connectivity index (χ1) is 7.03. The molecule has 1 aliphatic rings. The second-order valence-electron chi connectivity index (χ2n) is 5.01. The zero-order valence-corrected chi connectivity index (χ0v) is 9.19. The molecule has 0 bridgehead atoms. The Morgan fingerprint density at radius 2 is 1.87 bits per heavy atom. The molecule has 0 nitrogen and oxygen atoms in total. The molecule has 2 rings (SSSR count). The first-order valence-electron chi connectivity index (χ1n) is 5.49. The molecule has 1 fully saturated rings. The van der Waals surface area contributed by atoms with Crippen molar-refractivity contribution in [3.63, 3.8) is 0 Å². The molecule has 1 aromatic carbocycles. The number of halogens is 2. The Morgan fingerprint density at radius 1 is 1.20 bits per heavy atom. The summed E-state index contributed by atoms with van der Waals surface area (Å²) in [5.74, 6) is -0.873. The molecule has 2 heteroatoms. The molecular weight excluding hydrogens is 194 g/mol. The molecule has 0 aliphatic heterocycles. The predicted octanol–water partition coefficient (Wildman–Crippen LogP) is 4.04. The third kappa shape index (κ3) is 2.04. The van der Waals surface area contributed by atoms with Crippen LogP contribution in [0, 0.1) is 17.6 Å². The molecule has 0 atom stereocenters. The van der Waals surface area contributed by atoms with Crippen molar-refractivity contribution < 1.29 is 8.78 Å². The summed E-state index contributed by atoms with van der Waals surface area (Å²) in [6, 6.07) is 4.34. The van der Waals surface area contributed by atoms with Crippen LogP contribution in [0.4, 0.5) is 8.78 Å². The summed E-state index contributed by atoms with van der Waals surface area (Å²) >= 11 is 0. The number of benzene rings is 1. The van der Waals surface area contributed by atoms with Gasteiger partial charge in [0.05, 0.1) is 0 Å². The molecule has 0 saturated heterocycles. The van der Waals surface area contributed by atoms with E-state index >= 15 is 0 Å². The largest absolute Gasteiger partial charge is 0.204 e. The molecule has 1 aliphatic carbocycles. The Balaban J connectivity index is 2.26. The van der Waals surface area contributed by atoms with E-state index in [1.54, 1.807) is 6.07 Å². The van der Waals surface area contributed by atoms with Crippen LogP contribution in [0.3, 0.4) is 0 Å². The third-order valence-corrected chi connectivity index (χ3v) is 3.18. The van der Waals surface area contributed by atoms with Gasteiger partial charge >= 0.3 is 0 Å². The second-order valence-corrected chi connectivity index (χ2v) is 5.01. The quantitative estimate of drug-likeness (QED) is 0.706. The van der Waals surface area contributed by atoms with E-state index in [0.29, 0.717) is 5.92 Å². The molecule has 15 heavy (non-hydrogen) atoms. The molecule has 0 amide bonds. The lowest BCUT2D eigenvalue weighted by atomic mass is 9.87. The third-order valence-electron chi connectivity index (χ3n) is 3.18. The molecule has 0 heterocycles. The van der Waals surface area contributed by atoms with Gasteiger partial charge in [0.1, 0.15) is 0 Å². The normalized spacial score (nSPS) is 18.2. The Morgan fingerprint density at radius 3 is 2.33 bits per heavy atom. The lowest BCUT2D eigenvalue weighted by Crippen LogP contribution is -2.10. The van der Waals surface area contributed by atoms with Gasteiger partial charge in [0, 0.05) is 0 Å². The molecule has 0 radical (unpaired) electrons. The van der Waals surface area contributed by atoms with Crippen molar-refractivity contribution >= 4 is 0 Å². The van der Waals surface area contributed by atoms with Gasteiger partial charge < -0.3 is 0 Å². The Kier molecular flexibility index (Phi) is 2.53. The van der Waals surface area contributed by atoms with Crippen LogP contribution in [0.2, 0.25) is 0 Å². The van der Waals surface area contributed by atoms with Crippen LogP contribution in [0.15, 0.2) is 18.2 Å². The van der Waals surface area contributed by atoms with Crippen LogP contribution < -0.4 is 0 Å². The number of hydrogen-bond donors (Lipinski definition) is 0. The van der Waals surface area contributed by atoms with Crippen molar-refractivity contribution in [1.82, 2.24) is 0 Å². The zero-order valence-electron chi connectivity index (χ0n) is 9.19. The molecule has 1 aromatic rings. The fourth-order valence-electron chi connectivity index (χ4n) is 2.37. The predicted molar refractivity (Wildman–Crippen MR) is 56.7 cm³/mol. The highest BCUT2D eigenvalue weighted by molar-refractivity contribution is 5.32. The first-order valence-corrected chi connectivity index (χ1v) is 5.49. The van der Waals surface area contributed by atoms with E-state index in [-0.39, 0.29) is 5.41 Å². The second kappa shape index (κ2) is 3.58. The van der Waals surface area contributed by atoms with Crippen LogP contribution in [-0.2, 0) is 5.41 Å². The van der Waals surface area contributed by atoms with Crippen LogP contribution in [0.1, 0.15) is 38.7 Å². The molecule has 82 valence electrons. The van der Waals surface area contributed by atoms with Gasteiger partial charge in [-0.1, -0.05) is 19.9 Å². The maximum absolute atomic E-state index is 13.1. The van der Waals surface area contributed by atoms with Gasteiger partial charge in [0.2, 0.25) is 0 Å². The lowest BCUT2D eigenvalue weighted by Gasteiger charge is -2.18. The number of rotatable bonds is 3. The van der Waals surface area contributed by atoms with Crippen LogP contribution in [0.5, 0.6) is 0 Å². The van der Waals surface area contributed by atoms with Gasteiger partial charge in [-0.3, -0.25) is 0 Å². The average Bonchev–Trinajstić information content (AvgIpc) is 2.89. The molecule has 1 saturated carbocycles. The van der Waals surface area contributed by atoms with Crippen LogP contribution in [0.25, 0.3) is 0 Å². The van der Waals surface area contributed by atoms with E-state index in [2.05, 4.69) is 13.8 Å². The van der Waals surface area contributed by atoms with E-state index in [1.807, 2.05) is 0 Å². The van der Waals surface area contributed by atoms with Crippen LogP contribution >= 0.6 is 0 Å². The highest BCUT2D eigenvalue weighted by Crippen LogP contribution is 2.52. The van der Waals surface area contributed by atoms with Gasteiger partial charge in [-0.25, -0.2) is 8.78 Å². The van der Waals surface area contributed by atoms with Crippen molar-refractivity contribution in [3.05, 3.63) is 35.4 Å². The van der Waals surface area contributed by atoms with Crippen molar-refractivity contribution in [1.29, 1.82) is 0 Å². The molecule has 0 N–H and O–H groups in total. The SMILES string of the molecule is CC(C)CC1(c2ccc(F)c(F)c2)CC1. The summed E-state index contributed by atoms with van der Waals surface area (Å²) < 4.78 is 25.9. The summed E-state index contributed by atoms with van der Waals surface area (Å²) in [4.78, 5) is 0. The smallest absolute Gasteiger partial charge is 0.159 e. The maximum Gasteiger partial charge on any atom is 0.159 e. The van der Waals surface area contributed by atoms with Crippen molar-refractivity contribution in [3.8, 4) is 0 Å². The van der Waals surface area contributed by atoms with Gasteiger partial charge in [-0.2, -0.15) is 0 Å². The van der Waals surface area contributed by atoms with Gasteiger partial charge in [0.25, 0.3) is 0 Å². The average molecular weight is 210 g/mol. The molecule has 0 unspecified atom stereocenters. The minimum atomic E-state index is -0.751. The van der Waals surface area contributed by atoms with Crippen molar-refractivity contribution in [2.45, 2.75) is 38.5 Å². The summed E-state index contributed by atoms with van der Waals surface area (Å²) in [6.45, 7) is 4.33. The lowest BCUT2D eigenvalue weighted by molar-refractivity contribution is 0.474. The summed E-state index contributed by atoms with van der Waals surface area (Å²) in [7, 11) is 0. The van der Waals surface area contributed by atoms with Gasteiger partial charge in [0.15, 0.2) is 11.6 Å². The van der Waals surface area contributed by atoms with E-state index < -0.39 is 11.6 Å². The van der Waals surface area contributed by atoms with Crippen LogP contribution in [-0.4, -0.2) is 0 Å². The van der Waals surface area contributed by atoms with E-state index in [9.17, 15) is 8.78 Å².